The summed E-state index contributed by atoms with van der Waals surface area (Å²) in [5, 5.41) is 13.6. The van der Waals surface area contributed by atoms with Crippen molar-refractivity contribution in [2.75, 3.05) is 13.2 Å². The number of primary amides is 1. The number of rotatable bonds is 7. The molecule has 0 spiro atoms. The molecule has 0 radical (unpaired) electrons. The summed E-state index contributed by atoms with van der Waals surface area (Å²) in [5.74, 6) is -0.152. The number of amides is 1. The van der Waals surface area contributed by atoms with Crippen LogP contribution in [0.15, 0.2) is 21.1 Å². The van der Waals surface area contributed by atoms with Crippen LogP contribution in [0.2, 0.25) is 0 Å². The van der Waals surface area contributed by atoms with Crippen molar-refractivity contribution >= 4 is 43.5 Å². The van der Waals surface area contributed by atoms with E-state index >= 15 is 0 Å². The lowest BCUT2D eigenvalue weighted by atomic mass is 10.3. The number of hydrogen-bond acceptors (Lipinski definition) is 5. The van der Waals surface area contributed by atoms with E-state index < -0.39 is 16.9 Å². The van der Waals surface area contributed by atoms with Gasteiger partial charge < -0.3 is 15.8 Å². The number of benzene rings is 1. The third-order valence-electron chi connectivity index (χ3n) is 2.38. The summed E-state index contributed by atoms with van der Waals surface area (Å²) < 4.78 is 6.33. The number of hydrogen-bond donors (Lipinski definition) is 2. The Morgan fingerprint density at radius 1 is 1.50 bits per heavy atom. The Morgan fingerprint density at radius 3 is 2.45 bits per heavy atom. The molecule has 0 bridgehead atoms. The Bertz CT molecular complexity index is 501. The second kappa shape index (κ2) is 7.55. The molecule has 0 fully saturated rings. The number of carbonyl (C=O) groups is 1. The second-order valence-electron chi connectivity index (χ2n) is 3.82. The third-order valence-corrected chi connectivity index (χ3v) is 3.56. The van der Waals surface area contributed by atoms with Crippen molar-refractivity contribution in [3.05, 3.63) is 31.2 Å². The van der Waals surface area contributed by atoms with Crippen LogP contribution in [0.1, 0.15) is 6.92 Å². The summed E-state index contributed by atoms with van der Waals surface area (Å²) in [6.45, 7) is 2.44. The van der Waals surface area contributed by atoms with Gasteiger partial charge in [-0.3, -0.25) is 14.9 Å². The fourth-order valence-electron chi connectivity index (χ4n) is 1.44. The number of nitro benzene ring substituents is 1. The standard InChI is InChI=1S/C11H13Br2N3O4/c1-2-15-9(11(14)17)5-20-10-7(12)3-6(16(18)19)4-8(10)13/h3-4,9,15H,2,5H2,1H3,(H2,14,17). The van der Waals surface area contributed by atoms with E-state index in [0.29, 0.717) is 21.2 Å². The van der Waals surface area contributed by atoms with Crippen molar-refractivity contribution < 1.29 is 14.5 Å². The number of nitrogens with two attached hydrogens (primary N) is 1. The monoisotopic (exact) mass is 409 g/mol. The molecule has 0 aliphatic heterocycles. The SMILES string of the molecule is CCNC(COc1c(Br)cc([N+](=O)[O-])cc1Br)C(N)=O. The summed E-state index contributed by atoms with van der Waals surface area (Å²) in [4.78, 5) is 21.4. The highest BCUT2D eigenvalue weighted by atomic mass is 79.9. The van der Waals surface area contributed by atoms with Gasteiger partial charge in [-0.05, 0) is 38.4 Å². The number of carbonyl (C=O) groups excluding carboxylic acids is 1. The van der Waals surface area contributed by atoms with Crippen LogP contribution < -0.4 is 15.8 Å². The smallest absolute Gasteiger partial charge is 0.271 e. The van der Waals surface area contributed by atoms with E-state index in [0.717, 1.165) is 0 Å². The minimum atomic E-state index is -0.631. The maximum absolute atomic E-state index is 11.2. The predicted octanol–water partition coefficient (Wildman–Crippen LogP) is 1.96. The van der Waals surface area contributed by atoms with E-state index in [1.165, 1.54) is 12.1 Å². The average Bonchev–Trinajstić information content (AvgIpc) is 2.35. The van der Waals surface area contributed by atoms with Crippen molar-refractivity contribution in [3.63, 3.8) is 0 Å². The maximum Gasteiger partial charge on any atom is 0.271 e. The number of nitrogens with zero attached hydrogens (tertiary/aromatic N) is 1. The van der Waals surface area contributed by atoms with Crippen LogP contribution in [-0.4, -0.2) is 30.0 Å². The van der Waals surface area contributed by atoms with Crippen LogP contribution in [0.3, 0.4) is 0 Å². The zero-order valence-corrected chi connectivity index (χ0v) is 13.7. The number of nitrogens with one attached hydrogen (secondary N) is 1. The van der Waals surface area contributed by atoms with Crippen LogP contribution in [-0.2, 0) is 4.79 Å². The summed E-state index contributed by atoms with van der Waals surface area (Å²) in [5.41, 5.74) is 5.16. The molecule has 0 aliphatic rings. The Kier molecular flexibility index (Phi) is 6.37. The highest BCUT2D eigenvalue weighted by Crippen LogP contribution is 2.37. The molecule has 1 aromatic carbocycles. The molecule has 0 aromatic heterocycles. The van der Waals surface area contributed by atoms with Crippen LogP contribution in [0, 0.1) is 10.1 Å². The molecule has 1 amide bonds. The largest absolute Gasteiger partial charge is 0.489 e. The highest BCUT2D eigenvalue weighted by Gasteiger charge is 2.19. The summed E-state index contributed by atoms with van der Waals surface area (Å²) in [6, 6.07) is 2.02. The molecule has 1 aromatic rings. The molecule has 0 saturated carbocycles. The van der Waals surface area contributed by atoms with E-state index in [9.17, 15) is 14.9 Å². The number of halogens is 2. The Morgan fingerprint density at radius 2 is 2.05 bits per heavy atom. The third kappa shape index (κ3) is 4.43. The number of ether oxygens (including phenoxy) is 1. The van der Waals surface area contributed by atoms with Crippen molar-refractivity contribution in [2.45, 2.75) is 13.0 Å². The Hall–Kier alpha value is -1.19. The lowest BCUT2D eigenvalue weighted by Gasteiger charge is -2.16. The number of nitro groups is 1. The molecule has 110 valence electrons. The molecule has 0 aliphatic carbocycles. The first kappa shape index (κ1) is 16.9. The second-order valence-corrected chi connectivity index (χ2v) is 5.53. The van der Waals surface area contributed by atoms with E-state index in [4.69, 9.17) is 10.5 Å². The number of non-ortho nitro benzene ring substituents is 1. The van der Waals surface area contributed by atoms with Crippen molar-refractivity contribution in [3.8, 4) is 5.75 Å². The van der Waals surface area contributed by atoms with E-state index in [-0.39, 0.29) is 12.3 Å². The van der Waals surface area contributed by atoms with E-state index in [1.54, 1.807) is 0 Å². The molecule has 0 saturated heterocycles. The van der Waals surface area contributed by atoms with Gasteiger partial charge in [0.1, 0.15) is 18.4 Å². The van der Waals surface area contributed by atoms with Gasteiger partial charge >= 0.3 is 0 Å². The minimum Gasteiger partial charge on any atom is -0.489 e. The van der Waals surface area contributed by atoms with Gasteiger partial charge in [0.15, 0.2) is 0 Å². The molecule has 1 unspecified atom stereocenters. The molecule has 1 rings (SSSR count). The average molecular weight is 411 g/mol. The normalized spacial score (nSPS) is 11.9. The first-order valence-electron chi connectivity index (χ1n) is 5.65. The first-order valence-corrected chi connectivity index (χ1v) is 7.24. The fourth-order valence-corrected chi connectivity index (χ4v) is 2.84. The van der Waals surface area contributed by atoms with Crippen LogP contribution in [0.5, 0.6) is 5.75 Å². The van der Waals surface area contributed by atoms with Crippen LogP contribution >= 0.6 is 31.9 Å². The van der Waals surface area contributed by atoms with Crippen molar-refractivity contribution in [1.29, 1.82) is 0 Å². The fraction of sp³-hybridized carbons (Fsp3) is 0.364. The lowest BCUT2D eigenvalue weighted by molar-refractivity contribution is -0.385. The predicted molar refractivity (Wildman–Crippen MR) is 80.7 cm³/mol. The molecule has 1 atom stereocenters. The Balaban J connectivity index is 2.87. The van der Waals surface area contributed by atoms with Gasteiger partial charge in [-0.25, -0.2) is 0 Å². The van der Waals surface area contributed by atoms with Gasteiger partial charge in [0.2, 0.25) is 5.91 Å². The summed E-state index contributed by atoms with van der Waals surface area (Å²) >= 11 is 6.39. The number of likely N-dealkylation sites (N-methyl/N-ethyl adjacent to an activating group) is 1. The molecule has 3 N–H and O–H groups in total. The zero-order valence-electron chi connectivity index (χ0n) is 10.6. The summed E-state index contributed by atoms with van der Waals surface area (Å²) in [6.07, 6.45) is 0. The first-order chi connectivity index (χ1) is 9.36. The van der Waals surface area contributed by atoms with E-state index in [1.807, 2.05) is 6.92 Å². The molecule has 7 nitrogen and oxygen atoms in total. The van der Waals surface area contributed by atoms with Gasteiger partial charge in [0, 0.05) is 12.1 Å². The summed E-state index contributed by atoms with van der Waals surface area (Å²) in [7, 11) is 0. The maximum atomic E-state index is 11.2. The van der Waals surface area contributed by atoms with Gasteiger partial charge in [-0.2, -0.15) is 0 Å². The van der Waals surface area contributed by atoms with E-state index in [2.05, 4.69) is 37.2 Å². The topological polar surface area (TPSA) is 107 Å². The van der Waals surface area contributed by atoms with Crippen LogP contribution in [0.25, 0.3) is 0 Å². The van der Waals surface area contributed by atoms with Gasteiger partial charge in [0.05, 0.1) is 13.9 Å². The molecular formula is C11H13Br2N3O4. The molecule has 20 heavy (non-hydrogen) atoms. The zero-order chi connectivity index (χ0) is 15.3. The quantitative estimate of drug-likeness (QED) is 0.527. The van der Waals surface area contributed by atoms with Crippen molar-refractivity contribution in [2.24, 2.45) is 5.73 Å². The highest BCUT2D eigenvalue weighted by molar-refractivity contribution is 9.11. The van der Waals surface area contributed by atoms with Gasteiger partial charge in [0.25, 0.3) is 5.69 Å². The molecule has 9 heteroatoms. The van der Waals surface area contributed by atoms with Crippen LogP contribution in [0.4, 0.5) is 5.69 Å². The lowest BCUT2D eigenvalue weighted by Crippen LogP contribution is -2.45. The minimum absolute atomic E-state index is 0.0260. The molecule has 0 heterocycles. The van der Waals surface area contributed by atoms with Crippen molar-refractivity contribution in [1.82, 2.24) is 5.32 Å². The van der Waals surface area contributed by atoms with Gasteiger partial charge in [-0.1, -0.05) is 6.92 Å². The molecular weight excluding hydrogens is 398 g/mol. The Labute approximate surface area is 132 Å². The van der Waals surface area contributed by atoms with Gasteiger partial charge in [-0.15, -0.1) is 0 Å².